The maximum Gasteiger partial charge on any atom is 0.306 e. The summed E-state index contributed by atoms with van der Waals surface area (Å²) in [4.78, 5) is 24.1. The van der Waals surface area contributed by atoms with Crippen LogP contribution in [0.25, 0.3) is 0 Å². The van der Waals surface area contributed by atoms with Crippen molar-refractivity contribution in [2.75, 3.05) is 7.11 Å². The van der Waals surface area contributed by atoms with Crippen LogP contribution in [0.5, 0.6) is 0 Å². The van der Waals surface area contributed by atoms with Gasteiger partial charge in [-0.2, -0.15) is 0 Å². The molecule has 1 aliphatic carbocycles. The number of esters is 2. The first-order chi connectivity index (χ1) is 13.8. The third kappa shape index (κ3) is 7.54. The summed E-state index contributed by atoms with van der Waals surface area (Å²) in [5.41, 5.74) is 0.529. The molecule has 1 aromatic rings. The Morgan fingerprint density at radius 3 is 2.33 bits per heavy atom. The zero-order valence-corrected chi connectivity index (χ0v) is 21.5. The van der Waals surface area contributed by atoms with Gasteiger partial charge in [0, 0.05) is 18.3 Å². The molecule has 0 aromatic carbocycles. The van der Waals surface area contributed by atoms with Crippen molar-refractivity contribution in [2.24, 2.45) is 11.3 Å². The third-order valence-corrected chi connectivity index (χ3v) is 6.42. The number of carbonyl (C=O) groups excluding carboxylic acids is 2. The number of halogens is 1. The molecule has 1 fully saturated rings. The summed E-state index contributed by atoms with van der Waals surface area (Å²) in [5, 5.41) is 4.33. The average Bonchev–Trinajstić information content (AvgIpc) is 2.92. The van der Waals surface area contributed by atoms with Gasteiger partial charge in [-0.25, -0.2) is 0 Å². The number of hydrogen-bond donors (Lipinski definition) is 0. The first kappa shape index (κ1) is 25.1. The summed E-state index contributed by atoms with van der Waals surface area (Å²) in [6.07, 6.45) is 4.28. The summed E-state index contributed by atoms with van der Waals surface area (Å²) in [5.74, 6) is 1.18. The fraction of sp³-hybridized carbons (Fsp3) is 0.783. The molecule has 1 atom stereocenters. The molecular weight excluding hydrogens is 497 g/mol. The second-order valence-electron chi connectivity index (χ2n) is 10.6. The zero-order valence-electron chi connectivity index (χ0n) is 19.3. The molecule has 170 valence electrons. The molecule has 1 aromatic heterocycles. The molecule has 0 radical (unpaired) electrons. The van der Waals surface area contributed by atoms with Gasteiger partial charge in [-0.05, 0) is 80.4 Å². The van der Waals surface area contributed by atoms with Crippen molar-refractivity contribution in [2.45, 2.75) is 97.5 Å². The van der Waals surface area contributed by atoms with Crippen molar-refractivity contribution in [3.63, 3.8) is 0 Å². The predicted octanol–water partition coefficient (Wildman–Crippen LogP) is 5.98. The second kappa shape index (κ2) is 10.0. The summed E-state index contributed by atoms with van der Waals surface area (Å²) in [7, 11) is 1.37. The van der Waals surface area contributed by atoms with E-state index in [2.05, 4.69) is 48.5 Å². The van der Waals surface area contributed by atoms with Crippen LogP contribution in [0.4, 0.5) is 0 Å². The van der Waals surface area contributed by atoms with E-state index in [9.17, 15) is 9.59 Å². The van der Waals surface area contributed by atoms with Gasteiger partial charge in [-0.3, -0.25) is 9.59 Å². The van der Waals surface area contributed by atoms with Gasteiger partial charge in [0.05, 0.1) is 17.1 Å². The normalized spacial score (nSPS) is 20.4. The van der Waals surface area contributed by atoms with E-state index in [0.29, 0.717) is 17.8 Å². The molecule has 0 amide bonds. The third-order valence-electron chi connectivity index (χ3n) is 5.34. The SMILES string of the molecule is COC(=O)CCC(CC(=O)OC(C)(C)C)c1noc(C2CC(CC(C)(C)C)C2)c1I. The molecule has 6 nitrogen and oxygen atoms in total. The van der Waals surface area contributed by atoms with Gasteiger partial charge in [0.25, 0.3) is 0 Å². The number of ether oxygens (including phenoxy) is 2. The Morgan fingerprint density at radius 2 is 1.80 bits per heavy atom. The smallest absolute Gasteiger partial charge is 0.306 e. The van der Waals surface area contributed by atoms with Crippen LogP contribution < -0.4 is 0 Å². The molecule has 0 N–H and O–H groups in total. The Morgan fingerprint density at radius 1 is 1.17 bits per heavy atom. The standard InChI is InChI=1S/C23H36INO5/c1-22(2,3)13-14-10-16(11-14)21-19(24)20(25-30-21)15(8-9-17(26)28-7)12-18(27)29-23(4,5)6/h14-16H,8-13H2,1-7H3. The van der Waals surface area contributed by atoms with Crippen LogP contribution in [0.2, 0.25) is 0 Å². The molecule has 1 unspecified atom stereocenters. The van der Waals surface area contributed by atoms with Gasteiger partial charge in [0.1, 0.15) is 11.3 Å². The topological polar surface area (TPSA) is 78.6 Å². The van der Waals surface area contributed by atoms with Gasteiger partial charge >= 0.3 is 11.9 Å². The number of carbonyl (C=O) groups is 2. The maximum absolute atomic E-state index is 12.5. The lowest BCUT2D eigenvalue weighted by Gasteiger charge is -2.37. The van der Waals surface area contributed by atoms with Crippen LogP contribution in [0.15, 0.2) is 4.52 Å². The van der Waals surface area contributed by atoms with Crippen LogP contribution in [0.3, 0.4) is 0 Å². The maximum atomic E-state index is 12.5. The summed E-state index contributed by atoms with van der Waals surface area (Å²) in [6, 6.07) is 0. The van der Waals surface area contributed by atoms with Crippen molar-refractivity contribution in [3.05, 3.63) is 15.0 Å². The van der Waals surface area contributed by atoms with E-state index >= 15 is 0 Å². The summed E-state index contributed by atoms with van der Waals surface area (Å²) in [6.45, 7) is 12.4. The highest BCUT2D eigenvalue weighted by Crippen LogP contribution is 2.48. The van der Waals surface area contributed by atoms with Crippen LogP contribution >= 0.6 is 22.6 Å². The van der Waals surface area contributed by atoms with E-state index < -0.39 is 5.60 Å². The van der Waals surface area contributed by atoms with E-state index in [1.165, 1.54) is 13.5 Å². The highest BCUT2D eigenvalue weighted by molar-refractivity contribution is 14.1. The molecule has 2 rings (SSSR count). The van der Waals surface area contributed by atoms with Crippen LogP contribution in [-0.4, -0.2) is 29.8 Å². The number of methoxy groups -OCH3 is 1. The molecule has 1 aliphatic rings. The van der Waals surface area contributed by atoms with Crippen molar-refractivity contribution < 1.29 is 23.6 Å². The van der Waals surface area contributed by atoms with E-state index in [1.807, 2.05) is 20.8 Å². The summed E-state index contributed by atoms with van der Waals surface area (Å²) < 4.78 is 17.0. The lowest BCUT2D eigenvalue weighted by atomic mass is 9.67. The van der Waals surface area contributed by atoms with Crippen molar-refractivity contribution >= 4 is 34.5 Å². The van der Waals surface area contributed by atoms with Gasteiger partial charge in [0.2, 0.25) is 0 Å². The van der Waals surface area contributed by atoms with Crippen LogP contribution in [0, 0.1) is 14.9 Å². The van der Waals surface area contributed by atoms with Crippen LogP contribution in [0.1, 0.15) is 103 Å². The van der Waals surface area contributed by atoms with Crippen molar-refractivity contribution in [1.82, 2.24) is 5.16 Å². The Hall–Kier alpha value is -1.12. The van der Waals surface area contributed by atoms with E-state index in [-0.39, 0.29) is 30.7 Å². The van der Waals surface area contributed by atoms with E-state index in [0.717, 1.165) is 33.8 Å². The minimum atomic E-state index is -0.555. The van der Waals surface area contributed by atoms with Gasteiger partial charge < -0.3 is 14.0 Å². The fourth-order valence-electron chi connectivity index (χ4n) is 4.11. The number of nitrogens with zero attached hydrogens (tertiary/aromatic N) is 1. The van der Waals surface area contributed by atoms with Gasteiger partial charge in [-0.15, -0.1) is 0 Å². The van der Waals surface area contributed by atoms with E-state index in [4.69, 9.17) is 14.0 Å². The lowest BCUT2D eigenvalue weighted by molar-refractivity contribution is -0.155. The zero-order chi connectivity index (χ0) is 22.7. The first-order valence-electron chi connectivity index (χ1n) is 10.7. The molecule has 30 heavy (non-hydrogen) atoms. The summed E-state index contributed by atoms with van der Waals surface area (Å²) >= 11 is 2.28. The van der Waals surface area contributed by atoms with Gasteiger partial charge in [0.15, 0.2) is 5.76 Å². The monoisotopic (exact) mass is 533 g/mol. The molecule has 0 aliphatic heterocycles. The number of aromatic nitrogens is 1. The minimum Gasteiger partial charge on any atom is -0.469 e. The number of rotatable bonds is 8. The Kier molecular flexibility index (Phi) is 8.38. The van der Waals surface area contributed by atoms with Gasteiger partial charge in [-0.1, -0.05) is 25.9 Å². The van der Waals surface area contributed by atoms with E-state index in [1.54, 1.807) is 0 Å². The molecule has 0 spiro atoms. The largest absolute Gasteiger partial charge is 0.469 e. The quantitative estimate of drug-likeness (QED) is 0.302. The Balaban J connectivity index is 2.10. The predicted molar refractivity (Wildman–Crippen MR) is 123 cm³/mol. The Bertz CT molecular complexity index is 738. The van der Waals surface area contributed by atoms with Crippen molar-refractivity contribution in [1.29, 1.82) is 0 Å². The molecular formula is C23H36INO5. The van der Waals surface area contributed by atoms with Crippen molar-refractivity contribution in [3.8, 4) is 0 Å². The molecule has 7 heteroatoms. The molecule has 1 saturated carbocycles. The molecule has 0 bridgehead atoms. The molecule has 1 heterocycles. The Labute approximate surface area is 194 Å². The fourth-order valence-corrected chi connectivity index (χ4v) is 5.19. The second-order valence-corrected chi connectivity index (χ2v) is 11.7. The minimum absolute atomic E-state index is 0.160. The van der Waals surface area contributed by atoms with Crippen LogP contribution in [-0.2, 0) is 19.1 Å². The highest BCUT2D eigenvalue weighted by Gasteiger charge is 2.38. The first-order valence-corrected chi connectivity index (χ1v) is 11.8. The molecule has 0 saturated heterocycles. The lowest BCUT2D eigenvalue weighted by Crippen LogP contribution is -2.26. The number of hydrogen-bond acceptors (Lipinski definition) is 6. The average molecular weight is 533 g/mol. The highest BCUT2D eigenvalue weighted by atomic mass is 127.